The molecule has 1 aromatic heterocycles. The molecule has 0 radical (unpaired) electrons. The maximum Gasteiger partial charge on any atom is 0.272 e. The number of nitrogens with zero attached hydrogens (tertiary/aromatic N) is 2. The van der Waals surface area contributed by atoms with Crippen molar-refractivity contribution in [1.82, 2.24) is 15.4 Å². The molecule has 5 rings (SSSR count). The van der Waals surface area contributed by atoms with Gasteiger partial charge in [-0.3, -0.25) is 19.7 Å². The third-order valence-electron chi connectivity index (χ3n) is 6.69. The molecule has 1 saturated carbocycles. The predicted molar refractivity (Wildman–Crippen MR) is 121 cm³/mol. The van der Waals surface area contributed by atoms with Gasteiger partial charge in [0.05, 0.1) is 29.0 Å². The van der Waals surface area contributed by atoms with Crippen LogP contribution in [0.5, 0.6) is 0 Å². The molecule has 2 aliphatic heterocycles. The Morgan fingerprint density at radius 2 is 2.10 bits per heavy atom. The number of hydrazone groups is 1. The lowest BCUT2D eigenvalue weighted by atomic mass is 9.84. The molecule has 5 N–H and O–H groups in total. The minimum absolute atomic E-state index is 0.185. The van der Waals surface area contributed by atoms with Crippen LogP contribution in [0.15, 0.2) is 29.4 Å². The topological polar surface area (TPSA) is 114 Å². The first kappa shape index (κ1) is 20.0. The fraction of sp³-hybridized carbons (Fsp3) is 0.435. The summed E-state index contributed by atoms with van der Waals surface area (Å²) in [7, 11) is 0. The number of benzene rings is 1. The van der Waals surface area contributed by atoms with E-state index in [0.29, 0.717) is 5.56 Å². The fourth-order valence-corrected chi connectivity index (χ4v) is 5.06. The van der Waals surface area contributed by atoms with E-state index in [-0.39, 0.29) is 17.7 Å². The van der Waals surface area contributed by atoms with Crippen LogP contribution in [0.4, 0.5) is 0 Å². The Balaban J connectivity index is 1.62. The smallest absolute Gasteiger partial charge is 0.272 e. The summed E-state index contributed by atoms with van der Waals surface area (Å²) in [6, 6.07) is 4.99. The molecule has 1 aliphatic carbocycles. The Hall–Kier alpha value is -2.97. The Kier molecular flexibility index (Phi) is 5.33. The Labute approximate surface area is 180 Å². The lowest BCUT2D eigenvalue weighted by Crippen LogP contribution is -2.45. The van der Waals surface area contributed by atoms with E-state index in [1.165, 1.54) is 6.42 Å². The molecule has 0 spiro atoms. The van der Waals surface area contributed by atoms with Crippen LogP contribution >= 0.6 is 0 Å². The zero-order chi connectivity index (χ0) is 21.4. The highest BCUT2D eigenvalue weighted by molar-refractivity contribution is 6.16. The molecule has 162 valence electrons. The molecule has 0 bridgehead atoms. The zero-order valence-corrected chi connectivity index (χ0v) is 17.5. The summed E-state index contributed by atoms with van der Waals surface area (Å²) < 4.78 is 1.82. The van der Waals surface area contributed by atoms with Crippen LogP contribution in [0.25, 0.3) is 16.5 Å². The van der Waals surface area contributed by atoms with Gasteiger partial charge in [0.25, 0.3) is 11.8 Å². The van der Waals surface area contributed by atoms with Crippen LogP contribution in [-0.2, 0) is 4.79 Å². The van der Waals surface area contributed by atoms with Gasteiger partial charge in [0.2, 0.25) is 0 Å². The van der Waals surface area contributed by atoms with E-state index in [1.54, 1.807) is 12.3 Å². The van der Waals surface area contributed by atoms with Gasteiger partial charge in [0, 0.05) is 17.5 Å². The van der Waals surface area contributed by atoms with Crippen molar-refractivity contribution in [2.45, 2.75) is 44.6 Å². The van der Waals surface area contributed by atoms with Crippen molar-refractivity contribution in [2.24, 2.45) is 16.8 Å². The van der Waals surface area contributed by atoms with Crippen molar-refractivity contribution in [2.75, 3.05) is 18.5 Å². The van der Waals surface area contributed by atoms with E-state index in [0.717, 1.165) is 72.9 Å². The SMILES string of the molecule is N[C@@H](C(=O)Nn1c(C2=CCNCC2)c2c3c(cccc31)C(=O)NN=C2)C1CCCCC1. The number of nitrogens with one attached hydrogen (secondary N) is 3. The second-order valence-corrected chi connectivity index (χ2v) is 8.58. The van der Waals surface area contributed by atoms with Crippen molar-refractivity contribution in [3.8, 4) is 0 Å². The van der Waals surface area contributed by atoms with Gasteiger partial charge in [-0.05, 0) is 49.4 Å². The molecule has 3 aliphatic rings. The quantitative estimate of drug-likeness (QED) is 0.606. The number of aromatic nitrogens is 1. The molecule has 8 heteroatoms. The molecule has 1 fully saturated rings. The van der Waals surface area contributed by atoms with Crippen LogP contribution in [0, 0.1) is 5.92 Å². The van der Waals surface area contributed by atoms with Crippen LogP contribution < -0.4 is 21.9 Å². The summed E-state index contributed by atoms with van der Waals surface area (Å²) in [6.07, 6.45) is 10.1. The molecule has 2 aromatic rings. The van der Waals surface area contributed by atoms with E-state index in [4.69, 9.17) is 5.73 Å². The highest BCUT2D eigenvalue weighted by atomic mass is 16.2. The van der Waals surface area contributed by atoms with Gasteiger partial charge < -0.3 is 11.1 Å². The summed E-state index contributed by atoms with van der Waals surface area (Å²) in [5.41, 5.74) is 16.2. The fourth-order valence-electron chi connectivity index (χ4n) is 5.06. The average Bonchev–Trinajstić information content (AvgIpc) is 3.02. The number of amides is 2. The Morgan fingerprint density at radius 1 is 1.26 bits per heavy atom. The molecule has 31 heavy (non-hydrogen) atoms. The van der Waals surface area contributed by atoms with Crippen molar-refractivity contribution in [3.63, 3.8) is 0 Å². The number of nitrogens with two attached hydrogens (primary N) is 1. The third-order valence-corrected chi connectivity index (χ3v) is 6.69. The maximum absolute atomic E-state index is 13.2. The van der Waals surface area contributed by atoms with Crippen LogP contribution in [0.3, 0.4) is 0 Å². The van der Waals surface area contributed by atoms with E-state index >= 15 is 0 Å². The summed E-state index contributed by atoms with van der Waals surface area (Å²) in [5, 5.41) is 8.25. The normalized spacial score (nSPS) is 20.2. The van der Waals surface area contributed by atoms with Gasteiger partial charge in [-0.25, -0.2) is 5.43 Å². The van der Waals surface area contributed by atoms with E-state index < -0.39 is 6.04 Å². The zero-order valence-electron chi connectivity index (χ0n) is 17.5. The van der Waals surface area contributed by atoms with Crippen LogP contribution in [0.1, 0.15) is 60.1 Å². The molecule has 8 nitrogen and oxygen atoms in total. The molecule has 1 aromatic carbocycles. The number of hydrogen-bond acceptors (Lipinski definition) is 5. The van der Waals surface area contributed by atoms with E-state index in [2.05, 4.69) is 27.3 Å². The largest absolute Gasteiger partial charge is 0.320 e. The molecule has 2 amide bonds. The average molecular weight is 421 g/mol. The van der Waals surface area contributed by atoms with Crippen molar-refractivity contribution in [1.29, 1.82) is 0 Å². The monoisotopic (exact) mass is 420 g/mol. The van der Waals surface area contributed by atoms with Crippen LogP contribution in [-0.4, -0.2) is 41.8 Å². The van der Waals surface area contributed by atoms with E-state index in [1.807, 2.05) is 16.8 Å². The van der Waals surface area contributed by atoms with E-state index in [9.17, 15) is 9.59 Å². The van der Waals surface area contributed by atoms with Gasteiger partial charge in [-0.1, -0.05) is 31.4 Å². The summed E-state index contributed by atoms with van der Waals surface area (Å²) in [4.78, 5) is 25.8. The van der Waals surface area contributed by atoms with Crippen molar-refractivity contribution in [3.05, 3.63) is 41.1 Å². The molecular weight excluding hydrogens is 392 g/mol. The minimum Gasteiger partial charge on any atom is -0.320 e. The number of carbonyl (C=O) groups excluding carboxylic acids is 2. The summed E-state index contributed by atoms with van der Waals surface area (Å²) >= 11 is 0. The first-order chi connectivity index (χ1) is 15.1. The number of rotatable bonds is 4. The highest BCUT2D eigenvalue weighted by Gasteiger charge is 2.30. The van der Waals surface area contributed by atoms with Gasteiger partial charge in [-0.2, -0.15) is 5.10 Å². The second-order valence-electron chi connectivity index (χ2n) is 8.58. The van der Waals surface area contributed by atoms with Gasteiger partial charge in [0.15, 0.2) is 0 Å². The standard InChI is InChI=1S/C23H28N6O2/c24-20(14-5-2-1-3-6-14)23(31)28-29-18-8-4-7-16-19(18)17(13-26-27-22(16)30)21(29)15-9-11-25-12-10-15/h4,7-9,13-14,20,25H,1-3,5-6,10-12,24H2,(H,27,30)(H,28,31)/t20-/m1/s1. The molecule has 1 atom stereocenters. The lowest BCUT2D eigenvalue weighted by molar-refractivity contribution is -0.119. The van der Waals surface area contributed by atoms with Gasteiger partial charge >= 0.3 is 0 Å². The molecule has 0 saturated heterocycles. The van der Waals surface area contributed by atoms with Gasteiger partial charge in [-0.15, -0.1) is 0 Å². The third kappa shape index (κ3) is 3.55. The van der Waals surface area contributed by atoms with Crippen LogP contribution in [0.2, 0.25) is 0 Å². The van der Waals surface area contributed by atoms with Crippen molar-refractivity contribution >= 4 is 34.5 Å². The molecule has 0 unspecified atom stereocenters. The second kappa shape index (κ2) is 8.28. The maximum atomic E-state index is 13.2. The Morgan fingerprint density at radius 3 is 2.87 bits per heavy atom. The van der Waals surface area contributed by atoms with Gasteiger partial charge in [0.1, 0.15) is 0 Å². The first-order valence-electron chi connectivity index (χ1n) is 11.1. The predicted octanol–water partition coefficient (Wildman–Crippen LogP) is 2.07. The van der Waals surface area contributed by atoms with Crippen molar-refractivity contribution < 1.29 is 9.59 Å². The lowest BCUT2D eigenvalue weighted by Gasteiger charge is -2.27. The number of hydrogen-bond donors (Lipinski definition) is 4. The molecule has 3 heterocycles. The molecular formula is C23H28N6O2. The minimum atomic E-state index is -0.552. The number of carbonyl (C=O) groups is 2. The Bertz CT molecular complexity index is 1090. The summed E-state index contributed by atoms with van der Waals surface area (Å²) in [6.45, 7) is 1.61. The highest BCUT2D eigenvalue weighted by Crippen LogP contribution is 2.34. The summed E-state index contributed by atoms with van der Waals surface area (Å²) in [5.74, 6) is -0.234. The first-order valence-corrected chi connectivity index (χ1v) is 11.1.